The summed E-state index contributed by atoms with van der Waals surface area (Å²) in [5, 5.41) is 14.8. The molecule has 0 bridgehead atoms. The molecule has 4 rings (SSSR count). The molecule has 2 aromatic rings. The van der Waals surface area contributed by atoms with Crippen LogP contribution in [0.3, 0.4) is 0 Å². The van der Waals surface area contributed by atoms with Gasteiger partial charge in [-0.1, -0.05) is 18.6 Å². The van der Waals surface area contributed by atoms with E-state index in [0.717, 1.165) is 11.0 Å². The molecule has 6 nitrogen and oxygen atoms in total. The van der Waals surface area contributed by atoms with Gasteiger partial charge in [0.15, 0.2) is 0 Å². The van der Waals surface area contributed by atoms with Crippen LogP contribution in [-0.4, -0.2) is 43.2 Å². The second-order valence-electron chi connectivity index (χ2n) is 7.37. The number of nitrogens with zero attached hydrogens (tertiary/aromatic N) is 4. The van der Waals surface area contributed by atoms with Crippen LogP contribution in [0.25, 0.3) is 11.0 Å². The quantitative estimate of drug-likeness (QED) is 0.868. The van der Waals surface area contributed by atoms with E-state index in [9.17, 15) is 23.1 Å². The van der Waals surface area contributed by atoms with Crippen molar-refractivity contribution < 1.29 is 23.1 Å². The number of hydrazone groups is 1. The molecule has 1 aliphatic heterocycles. The third-order valence-electron chi connectivity index (χ3n) is 5.66. The molecule has 9 heteroatoms. The van der Waals surface area contributed by atoms with E-state index in [-0.39, 0.29) is 30.1 Å². The average Bonchev–Trinajstić information content (AvgIpc) is 3.14. The maximum Gasteiger partial charge on any atom is 0.439 e. The van der Waals surface area contributed by atoms with Gasteiger partial charge in [-0.2, -0.15) is 23.3 Å². The second kappa shape index (κ2) is 6.58. The van der Waals surface area contributed by atoms with Crippen molar-refractivity contribution in [2.45, 2.75) is 57.5 Å². The number of carbonyl (C=O) groups excluding carboxylic acids is 1. The summed E-state index contributed by atoms with van der Waals surface area (Å²) >= 11 is 0. The van der Waals surface area contributed by atoms with Gasteiger partial charge in [0.1, 0.15) is 5.82 Å². The summed E-state index contributed by atoms with van der Waals surface area (Å²) in [5.41, 5.74) is -1.43. The normalized spacial score (nSPS) is 25.1. The molecule has 0 radical (unpaired) electrons. The molecule has 2 atom stereocenters. The SMILES string of the molecule is Cc1nc2ccccc2n1CCC(=O)N1N=C2CCCC[C@H]2[C@@]1(O)C(F)(F)F. The lowest BCUT2D eigenvalue weighted by Crippen LogP contribution is -2.61. The van der Waals surface area contributed by atoms with E-state index in [4.69, 9.17) is 0 Å². The molecule has 1 aliphatic carbocycles. The lowest BCUT2D eigenvalue weighted by Gasteiger charge is -2.38. The average molecular weight is 394 g/mol. The molecular weight excluding hydrogens is 373 g/mol. The predicted octanol–water partition coefficient (Wildman–Crippen LogP) is 3.37. The van der Waals surface area contributed by atoms with Gasteiger partial charge in [-0.05, 0) is 38.3 Å². The Morgan fingerprint density at radius 1 is 1.32 bits per heavy atom. The fourth-order valence-electron chi connectivity index (χ4n) is 4.26. The first kappa shape index (κ1) is 18.9. The number of fused-ring (bicyclic) bond motifs is 2. The van der Waals surface area contributed by atoms with E-state index in [0.29, 0.717) is 25.1 Å². The number of benzene rings is 1. The lowest BCUT2D eigenvalue weighted by molar-refractivity contribution is -0.317. The van der Waals surface area contributed by atoms with Crippen LogP contribution in [0.2, 0.25) is 0 Å². The highest BCUT2D eigenvalue weighted by Crippen LogP contribution is 2.48. The Hall–Kier alpha value is -2.42. The van der Waals surface area contributed by atoms with Gasteiger partial charge in [0.2, 0.25) is 5.91 Å². The van der Waals surface area contributed by atoms with Gasteiger partial charge in [0.25, 0.3) is 5.72 Å². The number of aliphatic hydroxyl groups is 1. The number of hydrogen-bond acceptors (Lipinski definition) is 4. The number of aromatic nitrogens is 2. The monoisotopic (exact) mass is 394 g/mol. The summed E-state index contributed by atoms with van der Waals surface area (Å²) in [7, 11) is 0. The van der Waals surface area contributed by atoms with Crippen LogP contribution in [0.15, 0.2) is 29.4 Å². The minimum Gasteiger partial charge on any atom is -0.362 e. The van der Waals surface area contributed by atoms with Gasteiger partial charge in [0, 0.05) is 18.7 Å². The number of rotatable bonds is 3. The number of hydrogen-bond donors (Lipinski definition) is 1. The smallest absolute Gasteiger partial charge is 0.362 e. The van der Waals surface area contributed by atoms with Crippen molar-refractivity contribution >= 4 is 22.7 Å². The van der Waals surface area contributed by atoms with Gasteiger partial charge in [-0.25, -0.2) is 4.98 Å². The summed E-state index contributed by atoms with van der Waals surface area (Å²) in [5.74, 6) is -1.36. The third kappa shape index (κ3) is 2.80. The van der Waals surface area contributed by atoms with Crippen molar-refractivity contribution in [2.24, 2.45) is 11.0 Å². The van der Waals surface area contributed by atoms with Crippen LogP contribution in [0.5, 0.6) is 0 Å². The Labute approximate surface area is 159 Å². The van der Waals surface area contributed by atoms with E-state index in [1.54, 1.807) is 11.5 Å². The zero-order valence-electron chi connectivity index (χ0n) is 15.4. The Bertz CT molecular complexity index is 952. The van der Waals surface area contributed by atoms with Crippen LogP contribution in [0.1, 0.15) is 37.9 Å². The van der Waals surface area contributed by atoms with Gasteiger partial charge in [0.05, 0.1) is 17.0 Å². The molecule has 2 aliphatic rings. The fraction of sp³-hybridized carbons (Fsp3) is 0.526. The largest absolute Gasteiger partial charge is 0.439 e. The zero-order chi connectivity index (χ0) is 20.1. The molecule has 0 spiro atoms. The van der Waals surface area contributed by atoms with E-state index < -0.39 is 23.7 Å². The molecule has 1 aromatic carbocycles. The molecule has 1 saturated carbocycles. The fourth-order valence-corrected chi connectivity index (χ4v) is 4.26. The number of aryl methyl sites for hydroxylation is 2. The number of alkyl halides is 3. The van der Waals surface area contributed by atoms with Gasteiger partial charge >= 0.3 is 6.18 Å². The van der Waals surface area contributed by atoms with Crippen molar-refractivity contribution in [3.05, 3.63) is 30.1 Å². The first-order valence-corrected chi connectivity index (χ1v) is 9.35. The summed E-state index contributed by atoms with van der Waals surface area (Å²) in [6, 6.07) is 7.35. The van der Waals surface area contributed by atoms with Crippen LogP contribution in [-0.2, 0) is 11.3 Å². The molecule has 28 heavy (non-hydrogen) atoms. The molecule has 2 heterocycles. The summed E-state index contributed by atoms with van der Waals surface area (Å²) in [6.07, 6.45) is -3.37. The molecule has 1 aromatic heterocycles. The molecule has 1 fully saturated rings. The van der Waals surface area contributed by atoms with Crippen molar-refractivity contribution in [2.75, 3.05) is 0 Å². The van der Waals surface area contributed by atoms with Crippen molar-refractivity contribution in [3.8, 4) is 0 Å². The topological polar surface area (TPSA) is 70.7 Å². The summed E-state index contributed by atoms with van der Waals surface area (Å²) < 4.78 is 43.1. The minimum atomic E-state index is -4.98. The number of imidazole rings is 1. The van der Waals surface area contributed by atoms with Crippen molar-refractivity contribution in [1.29, 1.82) is 0 Å². The molecule has 1 N–H and O–H groups in total. The molecule has 0 unspecified atom stereocenters. The van der Waals surface area contributed by atoms with E-state index in [1.807, 2.05) is 24.3 Å². The highest BCUT2D eigenvalue weighted by atomic mass is 19.4. The van der Waals surface area contributed by atoms with E-state index in [1.165, 1.54) is 0 Å². The van der Waals surface area contributed by atoms with Crippen LogP contribution >= 0.6 is 0 Å². The Morgan fingerprint density at radius 2 is 2.07 bits per heavy atom. The minimum absolute atomic E-state index is 0.158. The standard InChI is InChI=1S/C19H21F3N4O2/c1-12-23-15-8-4-5-9-16(15)25(12)11-10-17(27)26-18(28,19(20,21)22)13-6-2-3-7-14(13)24-26/h4-5,8-9,13,28H,2-3,6-7,10-11H2,1H3/t13-,18-/m1/s1. The van der Waals surface area contributed by atoms with Gasteiger partial charge in [-0.3, -0.25) is 4.79 Å². The number of halogens is 3. The van der Waals surface area contributed by atoms with Crippen molar-refractivity contribution in [3.63, 3.8) is 0 Å². The number of carbonyl (C=O) groups is 1. The molecule has 0 saturated heterocycles. The Kier molecular flexibility index (Phi) is 4.45. The zero-order valence-corrected chi connectivity index (χ0v) is 15.4. The molecule has 1 amide bonds. The first-order valence-electron chi connectivity index (χ1n) is 9.35. The maximum atomic E-state index is 13.8. The van der Waals surface area contributed by atoms with Crippen LogP contribution in [0.4, 0.5) is 13.2 Å². The Balaban J connectivity index is 1.59. The van der Waals surface area contributed by atoms with E-state index >= 15 is 0 Å². The van der Waals surface area contributed by atoms with Crippen LogP contribution in [0, 0.1) is 12.8 Å². The summed E-state index contributed by atoms with van der Waals surface area (Å²) in [4.78, 5) is 17.1. The number of amides is 1. The highest BCUT2D eigenvalue weighted by molar-refractivity contribution is 5.93. The van der Waals surface area contributed by atoms with Gasteiger partial charge in [-0.15, -0.1) is 0 Å². The van der Waals surface area contributed by atoms with Gasteiger partial charge < -0.3 is 9.67 Å². The Morgan fingerprint density at radius 3 is 2.82 bits per heavy atom. The lowest BCUT2D eigenvalue weighted by atomic mass is 9.80. The molecule has 150 valence electrons. The predicted molar refractivity (Wildman–Crippen MR) is 96.3 cm³/mol. The third-order valence-corrected chi connectivity index (χ3v) is 5.66. The highest BCUT2D eigenvalue weighted by Gasteiger charge is 2.68. The van der Waals surface area contributed by atoms with Crippen LogP contribution < -0.4 is 0 Å². The van der Waals surface area contributed by atoms with Crippen molar-refractivity contribution in [1.82, 2.24) is 14.6 Å². The maximum absolute atomic E-state index is 13.8. The second-order valence-corrected chi connectivity index (χ2v) is 7.37. The molecular formula is C19H21F3N4O2. The summed E-state index contributed by atoms with van der Waals surface area (Å²) in [6.45, 7) is 1.94. The first-order chi connectivity index (χ1) is 13.2. The van der Waals surface area contributed by atoms with E-state index in [2.05, 4.69) is 10.1 Å². The number of para-hydroxylation sites is 2.